The van der Waals surface area contributed by atoms with Crippen molar-refractivity contribution in [2.75, 3.05) is 26.2 Å². The summed E-state index contributed by atoms with van der Waals surface area (Å²) < 4.78 is 1.23. The summed E-state index contributed by atoms with van der Waals surface area (Å²) in [4.78, 5) is 21.6. The number of carbonyl (C=O) groups is 1. The van der Waals surface area contributed by atoms with Gasteiger partial charge in [0.2, 0.25) is 0 Å². The van der Waals surface area contributed by atoms with Gasteiger partial charge < -0.3 is 4.90 Å². The molecule has 6 heteroatoms. The summed E-state index contributed by atoms with van der Waals surface area (Å²) in [5, 5.41) is 6.46. The van der Waals surface area contributed by atoms with Gasteiger partial charge in [-0.2, -0.15) is 0 Å². The van der Waals surface area contributed by atoms with Crippen LogP contribution in [0.5, 0.6) is 0 Å². The zero-order chi connectivity index (χ0) is 16.5. The maximum atomic E-state index is 12.7. The highest BCUT2D eigenvalue weighted by Gasteiger charge is 2.22. The van der Waals surface area contributed by atoms with E-state index in [-0.39, 0.29) is 5.91 Å². The number of aryl methyl sites for hydroxylation is 1. The third-order valence-electron chi connectivity index (χ3n) is 4.41. The smallest absolute Gasteiger partial charge is 0.253 e. The van der Waals surface area contributed by atoms with Gasteiger partial charge in [0, 0.05) is 48.4 Å². The van der Waals surface area contributed by atoms with Crippen molar-refractivity contribution in [3.8, 4) is 0 Å². The fourth-order valence-electron chi connectivity index (χ4n) is 3.10. The second-order valence-electron chi connectivity index (χ2n) is 6.10. The summed E-state index contributed by atoms with van der Waals surface area (Å²) in [6.07, 6.45) is 0. The van der Waals surface area contributed by atoms with Gasteiger partial charge in [0.15, 0.2) is 0 Å². The Morgan fingerprint density at radius 1 is 1.17 bits per heavy atom. The molecule has 0 atom stereocenters. The number of rotatable bonds is 3. The van der Waals surface area contributed by atoms with E-state index in [9.17, 15) is 4.79 Å². The number of amides is 1. The van der Waals surface area contributed by atoms with Crippen LogP contribution in [-0.2, 0) is 6.54 Å². The Morgan fingerprint density at radius 2 is 2.00 bits per heavy atom. The standard InChI is InChI=1S/C18H19N3OS2/c1-13-19-16(12-24-13)11-20-5-7-21(8-6-20)18(22)15-2-3-17-14(10-15)4-9-23-17/h2-4,9-10,12H,5-8,11H2,1H3. The molecule has 1 fully saturated rings. The average Bonchev–Trinajstić information content (AvgIpc) is 3.23. The summed E-state index contributed by atoms with van der Waals surface area (Å²) in [5.41, 5.74) is 1.93. The molecular weight excluding hydrogens is 338 g/mol. The predicted molar refractivity (Wildman–Crippen MR) is 99.9 cm³/mol. The molecule has 1 aliphatic rings. The maximum Gasteiger partial charge on any atom is 0.253 e. The number of nitrogens with zero attached hydrogens (tertiary/aromatic N) is 3. The van der Waals surface area contributed by atoms with Crippen molar-refractivity contribution in [2.24, 2.45) is 0 Å². The first kappa shape index (κ1) is 15.7. The number of aromatic nitrogens is 1. The predicted octanol–water partition coefficient (Wildman–Crippen LogP) is 3.62. The number of hydrogen-bond acceptors (Lipinski definition) is 5. The van der Waals surface area contributed by atoms with E-state index < -0.39 is 0 Å². The normalized spacial score (nSPS) is 16.0. The molecule has 1 amide bonds. The molecule has 0 bridgehead atoms. The van der Waals surface area contributed by atoms with Crippen molar-refractivity contribution in [3.63, 3.8) is 0 Å². The molecule has 0 aliphatic carbocycles. The van der Waals surface area contributed by atoms with Gasteiger partial charge >= 0.3 is 0 Å². The number of hydrogen-bond donors (Lipinski definition) is 0. The van der Waals surface area contributed by atoms with Crippen molar-refractivity contribution >= 4 is 38.7 Å². The van der Waals surface area contributed by atoms with Crippen LogP contribution in [0.2, 0.25) is 0 Å². The Labute approximate surface area is 149 Å². The van der Waals surface area contributed by atoms with E-state index in [0.717, 1.165) is 54.4 Å². The Hall–Kier alpha value is -1.76. The quantitative estimate of drug-likeness (QED) is 0.718. The minimum absolute atomic E-state index is 0.146. The Balaban J connectivity index is 1.38. The Kier molecular flexibility index (Phi) is 4.35. The van der Waals surface area contributed by atoms with Crippen LogP contribution in [0.15, 0.2) is 35.0 Å². The summed E-state index contributed by atoms with van der Waals surface area (Å²) in [6, 6.07) is 8.09. The third kappa shape index (κ3) is 3.22. The van der Waals surface area contributed by atoms with E-state index in [0.29, 0.717) is 0 Å². The zero-order valence-corrected chi connectivity index (χ0v) is 15.2. The molecule has 0 N–H and O–H groups in total. The lowest BCUT2D eigenvalue weighted by molar-refractivity contribution is 0.0627. The van der Waals surface area contributed by atoms with E-state index in [2.05, 4.69) is 26.7 Å². The van der Waals surface area contributed by atoms with Gasteiger partial charge in [-0.15, -0.1) is 22.7 Å². The highest BCUT2D eigenvalue weighted by Crippen LogP contribution is 2.23. The molecule has 3 heterocycles. The molecule has 1 aromatic carbocycles. The zero-order valence-electron chi connectivity index (χ0n) is 13.6. The molecule has 0 unspecified atom stereocenters. The van der Waals surface area contributed by atoms with Crippen LogP contribution < -0.4 is 0 Å². The molecule has 3 aromatic rings. The second-order valence-corrected chi connectivity index (χ2v) is 8.11. The first-order chi connectivity index (χ1) is 11.7. The molecule has 1 saturated heterocycles. The van der Waals surface area contributed by atoms with Crippen LogP contribution in [0.25, 0.3) is 10.1 Å². The van der Waals surface area contributed by atoms with E-state index in [1.807, 2.05) is 30.0 Å². The molecule has 1 aliphatic heterocycles. The molecule has 0 saturated carbocycles. The van der Waals surface area contributed by atoms with E-state index in [1.165, 1.54) is 4.70 Å². The molecule has 24 heavy (non-hydrogen) atoms. The minimum Gasteiger partial charge on any atom is -0.336 e. The van der Waals surface area contributed by atoms with Gasteiger partial charge in [-0.25, -0.2) is 4.98 Å². The van der Waals surface area contributed by atoms with E-state index in [1.54, 1.807) is 22.7 Å². The summed E-state index contributed by atoms with van der Waals surface area (Å²) in [5.74, 6) is 0.146. The van der Waals surface area contributed by atoms with Crippen molar-refractivity contribution in [1.82, 2.24) is 14.8 Å². The third-order valence-corrected chi connectivity index (χ3v) is 6.13. The molecule has 2 aromatic heterocycles. The van der Waals surface area contributed by atoms with E-state index in [4.69, 9.17) is 0 Å². The van der Waals surface area contributed by atoms with Gasteiger partial charge in [-0.1, -0.05) is 0 Å². The van der Waals surface area contributed by atoms with E-state index >= 15 is 0 Å². The highest BCUT2D eigenvalue weighted by atomic mass is 32.1. The second kappa shape index (κ2) is 6.63. The maximum absolute atomic E-state index is 12.7. The average molecular weight is 358 g/mol. The van der Waals surface area contributed by atoms with Gasteiger partial charge in [0.1, 0.15) is 0 Å². The number of benzene rings is 1. The van der Waals surface area contributed by atoms with Crippen molar-refractivity contribution in [1.29, 1.82) is 0 Å². The first-order valence-electron chi connectivity index (χ1n) is 8.09. The molecule has 4 nitrogen and oxygen atoms in total. The molecule has 124 valence electrons. The summed E-state index contributed by atoms with van der Waals surface area (Å²) in [6.45, 7) is 6.29. The van der Waals surface area contributed by atoms with Crippen LogP contribution in [-0.4, -0.2) is 46.9 Å². The number of thiophene rings is 1. The van der Waals surface area contributed by atoms with Crippen LogP contribution in [0.4, 0.5) is 0 Å². The fourth-order valence-corrected chi connectivity index (χ4v) is 4.48. The number of fused-ring (bicyclic) bond motifs is 1. The summed E-state index contributed by atoms with van der Waals surface area (Å²) >= 11 is 3.41. The lowest BCUT2D eigenvalue weighted by Crippen LogP contribution is -2.48. The van der Waals surface area contributed by atoms with Crippen LogP contribution in [0, 0.1) is 6.92 Å². The Morgan fingerprint density at radius 3 is 2.75 bits per heavy atom. The lowest BCUT2D eigenvalue weighted by Gasteiger charge is -2.34. The van der Waals surface area contributed by atoms with Gasteiger partial charge in [0.05, 0.1) is 10.7 Å². The Bertz CT molecular complexity index is 862. The van der Waals surface area contributed by atoms with Gasteiger partial charge in [0.25, 0.3) is 5.91 Å². The SMILES string of the molecule is Cc1nc(CN2CCN(C(=O)c3ccc4sccc4c3)CC2)cs1. The fraction of sp³-hybridized carbons (Fsp3) is 0.333. The number of piperazine rings is 1. The van der Waals surface area contributed by atoms with Crippen LogP contribution in [0.3, 0.4) is 0 Å². The van der Waals surface area contributed by atoms with Crippen molar-refractivity contribution in [2.45, 2.75) is 13.5 Å². The molecule has 0 spiro atoms. The highest BCUT2D eigenvalue weighted by molar-refractivity contribution is 7.17. The van der Waals surface area contributed by atoms with Crippen LogP contribution >= 0.6 is 22.7 Å². The largest absolute Gasteiger partial charge is 0.336 e. The lowest BCUT2D eigenvalue weighted by atomic mass is 10.1. The number of carbonyl (C=O) groups excluding carboxylic acids is 1. The topological polar surface area (TPSA) is 36.4 Å². The first-order valence-corrected chi connectivity index (χ1v) is 9.85. The number of thiazole rings is 1. The summed E-state index contributed by atoms with van der Waals surface area (Å²) in [7, 11) is 0. The van der Waals surface area contributed by atoms with Gasteiger partial charge in [-0.3, -0.25) is 9.69 Å². The van der Waals surface area contributed by atoms with Crippen molar-refractivity contribution < 1.29 is 4.79 Å². The molecular formula is C18H19N3OS2. The molecule has 0 radical (unpaired) electrons. The molecule has 4 rings (SSSR count). The monoisotopic (exact) mass is 357 g/mol. The van der Waals surface area contributed by atoms with Gasteiger partial charge in [-0.05, 0) is 42.0 Å². The van der Waals surface area contributed by atoms with Crippen molar-refractivity contribution in [3.05, 3.63) is 51.3 Å². The van der Waals surface area contributed by atoms with Crippen LogP contribution in [0.1, 0.15) is 21.1 Å². The minimum atomic E-state index is 0.146.